The Kier molecular flexibility index (Phi) is 3.24. The van der Waals surface area contributed by atoms with Gasteiger partial charge in [-0.25, -0.2) is 17.9 Å². The highest BCUT2D eigenvalue weighted by Gasteiger charge is 2.41. The van der Waals surface area contributed by atoms with E-state index in [0.29, 0.717) is 16.9 Å². The minimum atomic E-state index is -5.17. The SMILES string of the molecule is O=C(c1cn(-c2cc(F)c(F)cc2F)nn1)C(F)(F)F. The Bertz CT molecular complexity index is 678. The van der Waals surface area contributed by atoms with Gasteiger partial charge in [0.05, 0.1) is 6.20 Å². The number of hydrogen-bond acceptors (Lipinski definition) is 3. The van der Waals surface area contributed by atoms with E-state index in [1.165, 1.54) is 0 Å². The van der Waals surface area contributed by atoms with Crippen LogP contribution in [0.15, 0.2) is 18.3 Å². The summed E-state index contributed by atoms with van der Waals surface area (Å²) in [6.45, 7) is 0. The topological polar surface area (TPSA) is 47.8 Å². The zero-order chi connectivity index (χ0) is 15.1. The van der Waals surface area contributed by atoms with Gasteiger partial charge in [0, 0.05) is 12.1 Å². The molecule has 0 saturated heterocycles. The molecule has 0 aliphatic rings. The van der Waals surface area contributed by atoms with Crippen LogP contribution in [0, 0.1) is 17.5 Å². The van der Waals surface area contributed by atoms with Gasteiger partial charge < -0.3 is 0 Å². The van der Waals surface area contributed by atoms with E-state index in [-0.39, 0.29) is 6.07 Å². The number of carbonyl (C=O) groups excluding carboxylic acids is 1. The number of Topliss-reactive ketones (excluding diaryl/α,β-unsaturated/α-hetero) is 1. The third kappa shape index (κ3) is 2.49. The molecule has 4 nitrogen and oxygen atoms in total. The Labute approximate surface area is 106 Å². The van der Waals surface area contributed by atoms with Crippen molar-refractivity contribution in [2.45, 2.75) is 6.18 Å². The van der Waals surface area contributed by atoms with Crippen molar-refractivity contribution in [3.63, 3.8) is 0 Å². The lowest BCUT2D eigenvalue weighted by Gasteiger charge is -2.03. The largest absolute Gasteiger partial charge is 0.456 e. The predicted molar refractivity (Wildman–Crippen MR) is 51.6 cm³/mol. The first-order valence-corrected chi connectivity index (χ1v) is 4.89. The minimum Gasteiger partial charge on any atom is -0.282 e. The number of nitrogens with zero attached hydrogens (tertiary/aromatic N) is 3. The summed E-state index contributed by atoms with van der Waals surface area (Å²) in [5.74, 6) is -6.47. The van der Waals surface area contributed by atoms with Gasteiger partial charge in [-0.3, -0.25) is 4.79 Å². The van der Waals surface area contributed by atoms with Gasteiger partial charge >= 0.3 is 6.18 Å². The van der Waals surface area contributed by atoms with E-state index in [1.54, 1.807) is 0 Å². The molecule has 0 bridgehead atoms. The summed E-state index contributed by atoms with van der Waals surface area (Å²) in [6.07, 6.45) is -4.71. The van der Waals surface area contributed by atoms with Crippen molar-refractivity contribution in [1.29, 1.82) is 0 Å². The van der Waals surface area contributed by atoms with Crippen molar-refractivity contribution in [3.8, 4) is 5.69 Å². The van der Waals surface area contributed by atoms with E-state index >= 15 is 0 Å². The number of carbonyl (C=O) groups is 1. The summed E-state index contributed by atoms with van der Waals surface area (Å²) in [5.41, 5.74) is -1.78. The van der Waals surface area contributed by atoms with Crippen molar-refractivity contribution in [3.05, 3.63) is 41.5 Å². The van der Waals surface area contributed by atoms with E-state index < -0.39 is 40.8 Å². The average Bonchev–Trinajstić information content (AvgIpc) is 2.80. The van der Waals surface area contributed by atoms with Crippen molar-refractivity contribution < 1.29 is 31.1 Å². The Morgan fingerprint density at radius 2 is 1.65 bits per heavy atom. The monoisotopic (exact) mass is 295 g/mol. The normalized spacial score (nSPS) is 11.7. The van der Waals surface area contributed by atoms with Crippen LogP contribution in [-0.4, -0.2) is 27.0 Å². The highest BCUT2D eigenvalue weighted by atomic mass is 19.4. The Hall–Kier alpha value is -2.39. The molecule has 0 unspecified atom stereocenters. The fourth-order valence-electron chi connectivity index (χ4n) is 1.32. The van der Waals surface area contributed by atoms with Gasteiger partial charge in [-0.1, -0.05) is 5.21 Å². The summed E-state index contributed by atoms with van der Waals surface area (Å²) in [5, 5.41) is 5.98. The van der Waals surface area contributed by atoms with Gasteiger partial charge in [-0.15, -0.1) is 5.10 Å². The Morgan fingerprint density at radius 1 is 1.05 bits per heavy atom. The van der Waals surface area contributed by atoms with E-state index in [0.717, 1.165) is 0 Å². The fourth-order valence-corrected chi connectivity index (χ4v) is 1.32. The lowest BCUT2D eigenvalue weighted by Crippen LogP contribution is -2.23. The first kappa shape index (κ1) is 14.0. The number of alkyl halides is 3. The molecule has 2 rings (SSSR count). The van der Waals surface area contributed by atoms with Crippen LogP contribution in [0.4, 0.5) is 26.3 Å². The number of rotatable bonds is 2. The molecule has 1 aromatic carbocycles. The maximum Gasteiger partial charge on any atom is 0.456 e. The minimum absolute atomic E-state index is 0.192. The number of benzene rings is 1. The molecule has 0 spiro atoms. The first-order chi connectivity index (χ1) is 9.20. The standard InChI is InChI=1S/C10H3F6N3O/c11-4-1-6(13)8(2-5(4)12)19-3-7(17-18-19)9(20)10(14,15)16/h1-3H. The molecule has 0 aliphatic carbocycles. The molecule has 0 N–H and O–H groups in total. The van der Waals surface area contributed by atoms with Crippen molar-refractivity contribution in [2.24, 2.45) is 0 Å². The third-order valence-electron chi connectivity index (χ3n) is 2.22. The predicted octanol–water partition coefficient (Wildman–Crippen LogP) is 2.43. The molecule has 0 amide bonds. The third-order valence-corrected chi connectivity index (χ3v) is 2.22. The van der Waals surface area contributed by atoms with Gasteiger partial charge in [-0.05, 0) is 0 Å². The second-order valence-corrected chi connectivity index (χ2v) is 3.59. The van der Waals surface area contributed by atoms with Gasteiger partial charge in [0.2, 0.25) is 0 Å². The number of halogens is 6. The molecule has 0 radical (unpaired) electrons. The first-order valence-electron chi connectivity index (χ1n) is 4.89. The smallest absolute Gasteiger partial charge is 0.282 e. The molecule has 0 saturated carbocycles. The maximum absolute atomic E-state index is 13.4. The van der Waals surface area contributed by atoms with E-state index in [9.17, 15) is 31.1 Å². The van der Waals surface area contributed by atoms with Gasteiger partial charge in [-0.2, -0.15) is 13.2 Å². The average molecular weight is 295 g/mol. The summed E-state index contributed by atoms with van der Waals surface area (Å²) in [7, 11) is 0. The van der Waals surface area contributed by atoms with E-state index in [4.69, 9.17) is 0 Å². The summed E-state index contributed by atoms with van der Waals surface area (Å²) in [6, 6.07) is 0.568. The zero-order valence-electron chi connectivity index (χ0n) is 9.25. The highest BCUT2D eigenvalue weighted by molar-refractivity contribution is 5.98. The van der Waals surface area contributed by atoms with Crippen LogP contribution in [0.5, 0.6) is 0 Å². The zero-order valence-corrected chi connectivity index (χ0v) is 9.25. The Morgan fingerprint density at radius 3 is 2.25 bits per heavy atom. The number of aromatic nitrogens is 3. The Balaban J connectivity index is 2.44. The summed E-state index contributed by atoms with van der Waals surface area (Å²) >= 11 is 0. The van der Waals surface area contributed by atoms with Crippen LogP contribution < -0.4 is 0 Å². The molecule has 1 heterocycles. The quantitative estimate of drug-likeness (QED) is 0.485. The van der Waals surface area contributed by atoms with Gasteiger partial charge in [0.15, 0.2) is 23.1 Å². The van der Waals surface area contributed by atoms with Crippen LogP contribution in [0.3, 0.4) is 0 Å². The molecular formula is C10H3F6N3O. The fraction of sp³-hybridized carbons (Fsp3) is 0.100. The van der Waals surface area contributed by atoms with E-state index in [1.807, 2.05) is 0 Å². The van der Waals surface area contributed by atoms with Gasteiger partial charge in [0.1, 0.15) is 5.69 Å². The second kappa shape index (κ2) is 4.62. The molecule has 0 fully saturated rings. The summed E-state index contributed by atoms with van der Waals surface area (Å²) in [4.78, 5) is 10.8. The number of ketones is 1. The van der Waals surface area contributed by atoms with Crippen LogP contribution >= 0.6 is 0 Å². The van der Waals surface area contributed by atoms with Crippen LogP contribution in [-0.2, 0) is 0 Å². The van der Waals surface area contributed by atoms with Crippen molar-refractivity contribution in [2.75, 3.05) is 0 Å². The van der Waals surface area contributed by atoms with Crippen LogP contribution in [0.25, 0.3) is 5.69 Å². The summed E-state index contributed by atoms with van der Waals surface area (Å²) < 4.78 is 75.8. The maximum atomic E-state index is 13.4. The molecule has 0 atom stereocenters. The molecule has 106 valence electrons. The van der Waals surface area contributed by atoms with Gasteiger partial charge in [0.25, 0.3) is 5.78 Å². The lowest BCUT2D eigenvalue weighted by molar-refractivity contribution is -0.0888. The molecule has 20 heavy (non-hydrogen) atoms. The molecular weight excluding hydrogens is 292 g/mol. The molecule has 2 aromatic rings. The van der Waals surface area contributed by atoms with Crippen LogP contribution in [0.2, 0.25) is 0 Å². The molecule has 0 aliphatic heterocycles. The van der Waals surface area contributed by atoms with Crippen molar-refractivity contribution >= 4 is 5.78 Å². The second-order valence-electron chi connectivity index (χ2n) is 3.59. The number of hydrogen-bond donors (Lipinski definition) is 0. The molecule has 10 heteroatoms. The highest BCUT2D eigenvalue weighted by Crippen LogP contribution is 2.21. The van der Waals surface area contributed by atoms with E-state index in [2.05, 4.69) is 10.3 Å². The molecule has 1 aromatic heterocycles. The lowest BCUT2D eigenvalue weighted by atomic mass is 10.2. The van der Waals surface area contributed by atoms with Crippen molar-refractivity contribution in [1.82, 2.24) is 15.0 Å². The van der Waals surface area contributed by atoms with Crippen LogP contribution in [0.1, 0.15) is 10.5 Å².